The van der Waals surface area contributed by atoms with Gasteiger partial charge in [0, 0.05) is 0 Å². The molecule has 0 aromatic carbocycles. The van der Waals surface area contributed by atoms with E-state index in [1.165, 1.54) is 0 Å². The van der Waals surface area contributed by atoms with E-state index in [2.05, 4.69) is 10.2 Å². The fourth-order valence-electron chi connectivity index (χ4n) is 1.11. The zero-order valence-electron chi connectivity index (χ0n) is 6.85. The number of thiophene rings is 1. The molecular weight excluding hydrogens is 189 g/mol. The molecule has 0 atom stereocenters. The largest absolute Gasteiger partial charge is 0.310 e. The van der Waals surface area contributed by atoms with Crippen molar-refractivity contribution in [3.8, 4) is 10.7 Å². The lowest BCUT2D eigenvalue weighted by atomic mass is 10.4. The predicted molar refractivity (Wildman–Crippen MR) is 49.3 cm³/mol. The highest BCUT2D eigenvalue weighted by Gasteiger charge is 2.06. The van der Waals surface area contributed by atoms with Gasteiger partial charge in [0.05, 0.1) is 11.4 Å². The molecule has 0 bridgehead atoms. The highest BCUT2D eigenvalue weighted by molar-refractivity contribution is 7.13. The summed E-state index contributed by atoms with van der Waals surface area (Å²) in [5, 5.41) is 9.65. The van der Waals surface area contributed by atoms with Crippen LogP contribution < -0.4 is 0 Å². The highest BCUT2D eigenvalue weighted by Crippen LogP contribution is 2.21. The van der Waals surface area contributed by atoms with E-state index in [9.17, 15) is 4.39 Å². The molecule has 2 aromatic heterocycles. The molecule has 68 valence electrons. The van der Waals surface area contributed by atoms with Crippen molar-refractivity contribution in [2.24, 2.45) is 0 Å². The molecule has 2 heterocycles. The summed E-state index contributed by atoms with van der Waals surface area (Å²) in [5.74, 6) is 0.743. The molecule has 0 aliphatic heterocycles. The van der Waals surface area contributed by atoms with E-state index >= 15 is 0 Å². The zero-order valence-corrected chi connectivity index (χ0v) is 7.67. The van der Waals surface area contributed by atoms with Crippen LogP contribution in [0, 0.1) is 0 Å². The monoisotopic (exact) mass is 197 g/mol. The summed E-state index contributed by atoms with van der Waals surface area (Å²) in [4.78, 5) is 1.02. The summed E-state index contributed by atoms with van der Waals surface area (Å²) in [5.41, 5.74) is 0. The normalized spacial score (nSPS) is 10.5. The number of aryl methyl sites for hydroxylation is 1. The van der Waals surface area contributed by atoms with Crippen LogP contribution in [-0.4, -0.2) is 21.4 Å². The molecular formula is C8H8FN3S. The van der Waals surface area contributed by atoms with Crippen molar-refractivity contribution in [1.82, 2.24) is 14.8 Å². The maximum Gasteiger partial charge on any atom is 0.173 e. The van der Waals surface area contributed by atoms with Gasteiger partial charge in [-0.05, 0) is 11.4 Å². The Kier molecular flexibility index (Phi) is 2.35. The van der Waals surface area contributed by atoms with Crippen molar-refractivity contribution in [3.05, 3.63) is 23.8 Å². The van der Waals surface area contributed by atoms with Gasteiger partial charge in [0.25, 0.3) is 0 Å². The molecule has 0 spiro atoms. The van der Waals surface area contributed by atoms with Crippen LogP contribution in [0.1, 0.15) is 0 Å². The Bertz CT molecular complexity index is 368. The number of alkyl halides is 1. The zero-order chi connectivity index (χ0) is 9.10. The van der Waals surface area contributed by atoms with Crippen LogP contribution in [0.3, 0.4) is 0 Å². The first-order valence-electron chi connectivity index (χ1n) is 3.89. The second-order valence-corrected chi connectivity index (χ2v) is 3.46. The Morgan fingerprint density at radius 3 is 3.15 bits per heavy atom. The van der Waals surface area contributed by atoms with Gasteiger partial charge >= 0.3 is 0 Å². The Labute approximate surface area is 78.9 Å². The van der Waals surface area contributed by atoms with Gasteiger partial charge in [-0.15, -0.1) is 21.5 Å². The third-order valence-corrected chi connectivity index (χ3v) is 2.55. The van der Waals surface area contributed by atoms with E-state index < -0.39 is 6.67 Å². The first-order valence-corrected chi connectivity index (χ1v) is 4.77. The quantitative estimate of drug-likeness (QED) is 0.753. The lowest BCUT2D eigenvalue weighted by Crippen LogP contribution is -1.99. The molecule has 0 saturated carbocycles. The van der Waals surface area contributed by atoms with E-state index in [0.29, 0.717) is 6.54 Å². The van der Waals surface area contributed by atoms with Crippen LogP contribution in [0.25, 0.3) is 10.7 Å². The predicted octanol–water partition coefficient (Wildman–Crippen LogP) is 1.98. The molecule has 3 nitrogen and oxygen atoms in total. The average molecular weight is 197 g/mol. The minimum atomic E-state index is -0.392. The standard InChI is InChI=1S/C8H8FN3S/c9-3-4-12-6-10-11-8(12)7-2-1-5-13-7/h1-2,5-6H,3-4H2. The van der Waals surface area contributed by atoms with E-state index in [1.807, 2.05) is 17.5 Å². The number of aromatic nitrogens is 3. The van der Waals surface area contributed by atoms with Crippen LogP contribution in [0.15, 0.2) is 23.8 Å². The van der Waals surface area contributed by atoms with Gasteiger partial charge in [0.2, 0.25) is 0 Å². The van der Waals surface area contributed by atoms with Crippen molar-refractivity contribution in [2.45, 2.75) is 6.54 Å². The number of halogens is 1. The van der Waals surface area contributed by atoms with Gasteiger partial charge in [0.1, 0.15) is 13.0 Å². The van der Waals surface area contributed by atoms with Crippen molar-refractivity contribution in [2.75, 3.05) is 6.67 Å². The number of hydrogen-bond acceptors (Lipinski definition) is 3. The summed E-state index contributed by atoms with van der Waals surface area (Å²) >= 11 is 1.57. The van der Waals surface area contributed by atoms with Crippen LogP contribution in [-0.2, 0) is 6.54 Å². The maximum absolute atomic E-state index is 12.1. The van der Waals surface area contributed by atoms with Crippen LogP contribution in [0.5, 0.6) is 0 Å². The molecule has 0 radical (unpaired) electrons. The minimum absolute atomic E-state index is 0.320. The highest BCUT2D eigenvalue weighted by atomic mass is 32.1. The Morgan fingerprint density at radius 1 is 1.54 bits per heavy atom. The first kappa shape index (κ1) is 8.37. The van der Waals surface area contributed by atoms with E-state index in [-0.39, 0.29) is 0 Å². The molecule has 0 aliphatic carbocycles. The Hall–Kier alpha value is -1.23. The fourth-order valence-corrected chi connectivity index (χ4v) is 1.83. The Morgan fingerprint density at radius 2 is 2.46 bits per heavy atom. The van der Waals surface area contributed by atoms with Gasteiger partial charge in [-0.25, -0.2) is 4.39 Å². The molecule has 0 saturated heterocycles. The Balaban J connectivity index is 2.35. The molecule has 0 N–H and O–H groups in total. The fraction of sp³-hybridized carbons (Fsp3) is 0.250. The lowest BCUT2D eigenvalue weighted by molar-refractivity contribution is 0.447. The number of hydrogen-bond donors (Lipinski definition) is 0. The molecule has 0 aliphatic rings. The third kappa shape index (κ3) is 1.60. The number of nitrogens with zero attached hydrogens (tertiary/aromatic N) is 3. The van der Waals surface area contributed by atoms with Crippen LogP contribution in [0.2, 0.25) is 0 Å². The minimum Gasteiger partial charge on any atom is -0.310 e. The molecule has 0 amide bonds. The van der Waals surface area contributed by atoms with Gasteiger partial charge in [-0.3, -0.25) is 0 Å². The summed E-state index contributed by atoms with van der Waals surface area (Å²) in [6.07, 6.45) is 1.55. The maximum atomic E-state index is 12.1. The van der Waals surface area contributed by atoms with Crippen molar-refractivity contribution >= 4 is 11.3 Å². The van der Waals surface area contributed by atoms with Crippen molar-refractivity contribution in [3.63, 3.8) is 0 Å². The van der Waals surface area contributed by atoms with Crippen LogP contribution in [0.4, 0.5) is 4.39 Å². The summed E-state index contributed by atoms with van der Waals surface area (Å²) in [6.45, 7) is -0.0728. The molecule has 5 heteroatoms. The lowest BCUT2D eigenvalue weighted by Gasteiger charge is -1.99. The summed E-state index contributed by atoms with van der Waals surface area (Å²) in [7, 11) is 0. The first-order chi connectivity index (χ1) is 6.42. The average Bonchev–Trinajstić information content (AvgIpc) is 2.71. The third-order valence-electron chi connectivity index (χ3n) is 1.68. The van der Waals surface area contributed by atoms with E-state index in [0.717, 1.165) is 10.7 Å². The molecule has 13 heavy (non-hydrogen) atoms. The molecule has 2 rings (SSSR count). The van der Waals surface area contributed by atoms with E-state index in [4.69, 9.17) is 0 Å². The van der Waals surface area contributed by atoms with Gasteiger partial charge in [-0.1, -0.05) is 6.07 Å². The summed E-state index contributed by atoms with van der Waals surface area (Å²) in [6, 6.07) is 3.89. The molecule has 0 fully saturated rings. The smallest absolute Gasteiger partial charge is 0.173 e. The second-order valence-electron chi connectivity index (χ2n) is 2.51. The van der Waals surface area contributed by atoms with Gasteiger partial charge in [-0.2, -0.15) is 0 Å². The number of rotatable bonds is 3. The van der Waals surface area contributed by atoms with E-state index in [1.54, 1.807) is 22.2 Å². The van der Waals surface area contributed by atoms with Crippen LogP contribution >= 0.6 is 11.3 Å². The second kappa shape index (κ2) is 3.66. The summed E-state index contributed by atoms with van der Waals surface area (Å²) < 4.78 is 13.8. The molecule has 2 aromatic rings. The molecule has 0 unspecified atom stereocenters. The van der Waals surface area contributed by atoms with Crippen molar-refractivity contribution < 1.29 is 4.39 Å². The SMILES string of the molecule is FCCn1cnnc1-c1cccs1. The van der Waals surface area contributed by atoms with Gasteiger partial charge < -0.3 is 4.57 Å². The topological polar surface area (TPSA) is 30.7 Å². The van der Waals surface area contributed by atoms with Crippen molar-refractivity contribution in [1.29, 1.82) is 0 Å². The van der Waals surface area contributed by atoms with Gasteiger partial charge in [0.15, 0.2) is 5.82 Å².